The number of anilines is 2. The van der Waals surface area contributed by atoms with Gasteiger partial charge in [-0.2, -0.15) is 0 Å². The number of piperidine rings is 3. The fourth-order valence-electron chi connectivity index (χ4n) is 9.83. The van der Waals surface area contributed by atoms with E-state index in [1.807, 2.05) is 42.6 Å². The fraction of sp³-hybridized carbons (Fsp3) is 0.426. The van der Waals surface area contributed by atoms with E-state index >= 15 is 0 Å². The second-order valence-electron chi connectivity index (χ2n) is 17.9. The third-order valence-electron chi connectivity index (χ3n) is 13.5. The van der Waals surface area contributed by atoms with Crippen LogP contribution >= 0.6 is 11.6 Å². The van der Waals surface area contributed by atoms with Crippen LogP contribution in [0.15, 0.2) is 72.9 Å². The van der Waals surface area contributed by atoms with Crippen molar-refractivity contribution in [2.45, 2.75) is 70.4 Å². The first-order valence-electron chi connectivity index (χ1n) is 21.2. The Balaban J connectivity index is 0.717. The average Bonchev–Trinajstić information content (AvgIpc) is 3.50. The predicted octanol–water partition coefficient (Wildman–Crippen LogP) is 6.81. The first kappa shape index (κ1) is 40.6. The van der Waals surface area contributed by atoms with E-state index in [1.165, 1.54) is 0 Å². The first-order chi connectivity index (χ1) is 29.4. The van der Waals surface area contributed by atoms with E-state index in [4.69, 9.17) is 27.9 Å². The highest BCUT2D eigenvalue weighted by Crippen LogP contribution is 2.42. The lowest BCUT2D eigenvalue weighted by Gasteiger charge is -2.55. The highest BCUT2D eigenvalue weighted by Gasteiger charge is 2.47. The summed E-state index contributed by atoms with van der Waals surface area (Å²) in [6, 6.07) is 19.9. The summed E-state index contributed by atoms with van der Waals surface area (Å²) < 4.78 is 6.15. The molecular weight excluding hydrogens is 792 g/mol. The summed E-state index contributed by atoms with van der Waals surface area (Å²) in [6.45, 7) is 18.9. The van der Waals surface area contributed by atoms with Crippen molar-refractivity contribution in [3.8, 4) is 5.75 Å². The van der Waals surface area contributed by atoms with Crippen LogP contribution in [-0.4, -0.2) is 95.3 Å². The maximum Gasteiger partial charge on any atom is 0.262 e. The molecule has 0 bridgehead atoms. The van der Waals surface area contributed by atoms with Crippen LogP contribution < -0.4 is 19.9 Å². The second-order valence-corrected chi connectivity index (χ2v) is 18.3. The summed E-state index contributed by atoms with van der Waals surface area (Å²) in [4.78, 5) is 71.9. The van der Waals surface area contributed by atoms with Gasteiger partial charge in [-0.3, -0.25) is 29.4 Å². The average molecular weight is 841 g/mol. The van der Waals surface area contributed by atoms with Crippen LogP contribution in [0.2, 0.25) is 5.02 Å². The SMILES string of the molecule is [C-]#[N+]c1cc(Cl)cc(C(C)(C)c2ccc(OCc3ccnc(N4CCC5(CC4)CN(CC4CCN(c6ccc7c(c6)C(=O)N(C6CCC(=O)NC6=O)C7=O)CC4)C5)n3)cc2)c1. The molecule has 314 valence electrons. The summed E-state index contributed by atoms with van der Waals surface area (Å²) in [5.74, 6) is 0.182. The summed E-state index contributed by atoms with van der Waals surface area (Å²) in [5.41, 5.74) is 5.00. The highest BCUT2D eigenvalue weighted by molar-refractivity contribution is 6.31. The molecule has 4 aromatic rings. The van der Waals surface area contributed by atoms with E-state index in [2.05, 4.69) is 55.8 Å². The van der Waals surface area contributed by atoms with E-state index in [0.29, 0.717) is 39.8 Å². The van der Waals surface area contributed by atoms with Crippen LogP contribution in [0.5, 0.6) is 5.75 Å². The van der Waals surface area contributed by atoms with Gasteiger partial charge in [0.25, 0.3) is 11.8 Å². The van der Waals surface area contributed by atoms with Crippen molar-refractivity contribution >= 4 is 52.6 Å². The molecule has 6 heterocycles. The Kier molecular flexibility index (Phi) is 10.8. The van der Waals surface area contributed by atoms with Gasteiger partial charge in [-0.1, -0.05) is 43.6 Å². The van der Waals surface area contributed by atoms with Crippen LogP contribution in [0.25, 0.3) is 4.85 Å². The molecule has 5 aliphatic heterocycles. The van der Waals surface area contributed by atoms with Crippen LogP contribution in [0.4, 0.5) is 17.3 Å². The Morgan fingerprint density at radius 3 is 2.33 bits per heavy atom. The molecule has 4 fully saturated rings. The Morgan fingerprint density at radius 1 is 0.869 bits per heavy atom. The molecule has 5 aliphatic rings. The van der Waals surface area contributed by atoms with Gasteiger partial charge in [0, 0.05) is 74.6 Å². The Hall–Kier alpha value is -5.84. The zero-order valence-electron chi connectivity index (χ0n) is 34.5. The van der Waals surface area contributed by atoms with Crippen molar-refractivity contribution < 1.29 is 23.9 Å². The van der Waals surface area contributed by atoms with Gasteiger partial charge in [-0.15, -0.1) is 0 Å². The van der Waals surface area contributed by atoms with Crippen molar-refractivity contribution in [1.82, 2.24) is 25.1 Å². The van der Waals surface area contributed by atoms with Crippen LogP contribution in [0.3, 0.4) is 0 Å². The number of carbonyl (C=O) groups is 4. The molecule has 0 saturated carbocycles. The van der Waals surface area contributed by atoms with Crippen molar-refractivity contribution in [3.63, 3.8) is 0 Å². The molecular formula is C47H49ClN8O5. The fourth-order valence-corrected chi connectivity index (χ4v) is 10.1. The molecule has 1 unspecified atom stereocenters. The molecule has 14 heteroatoms. The van der Waals surface area contributed by atoms with E-state index in [-0.39, 0.29) is 24.2 Å². The first-order valence-corrected chi connectivity index (χ1v) is 21.6. The third-order valence-corrected chi connectivity index (χ3v) is 13.8. The number of ether oxygens (including phenoxy) is 1. The van der Waals surface area contributed by atoms with Crippen LogP contribution in [0.1, 0.15) is 89.9 Å². The number of carbonyl (C=O) groups excluding carboxylic acids is 4. The minimum Gasteiger partial charge on any atom is -0.487 e. The van der Waals surface area contributed by atoms with Crippen LogP contribution in [-0.2, 0) is 21.6 Å². The molecule has 4 saturated heterocycles. The minimum atomic E-state index is -0.962. The van der Waals surface area contributed by atoms with E-state index in [1.54, 1.807) is 18.2 Å². The zero-order chi connectivity index (χ0) is 42.5. The summed E-state index contributed by atoms with van der Waals surface area (Å²) in [6.07, 6.45) is 6.40. The maximum absolute atomic E-state index is 13.4. The lowest BCUT2D eigenvalue weighted by Crippen LogP contribution is -2.61. The molecule has 1 aromatic heterocycles. The molecule has 13 nitrogen and oxygen atoms in total. The third kappa shape index (κ3) is 8.07. The maximum atomic E-state index is 13.4. The predicted molar refractivity (Wildman–Crippen MR) is 231 cm³/mol. The molecule has 1 N–H and O–H groups in total. The van der Waals surface area contributed by atoms with Gasteiger partial charge < -0.3 is 19.4 Å². The van der Waals surface area contributed by atoms with E-state index < -0.39 is 23.8 Å². The summed E-state index contributed by atoms with van der Waals surface area (Å²) in [7, 11) is 0. The molecule has 1 atom stereocenters. The number of amides is 4. The topological polar surface area (TPSA) is 133 Å². The van der Waals surface area contributed by atoms with Crippen molar-refractivity contribution in [2.75, 3.05) is 55.6 Å². The number of nitrogens with zero attached hydrogens (tertiary/aromatic N) is 7. The molecule has 3 aromatic carbocycles. The van der Waals surface area contributed by atoms with Gasteiger partial charge in [-0.05, 0) is 103 Å². The van der Waals surface area contributed by atoms with Crippen molar-refractivity contribution in [2.24, 2.45) is 11.3 Å². The van der Waals surface area contributed by atoms with E-state index in [0.717, 1.165) is 111 Å². The zero-order valence-corrected chi connectivity index (χ0v) is 35.3. The number of hydrogen-bond donors (Lipinski definition) is 1. The Labute approximate surface area is 360 Å². The number of nitrogens with one attached hydrogen (secondary N) is 1. The smallest absolute Gasteiger partial charge is 0.262 e. The number of benzene rings is 3. The lowest BCUT2D eigenvalue weighted by molar-refractivity contribution is -0.136. The lowest BCUT2D eigenvalue weighted by atomic mass is 9.71. The highest BCUT2D eigenvalue weighted by atomic mass is 35.5. The summed E-state index contributed by atoms with van der Waals surface area (Å²) >= 11 is 6.31. The number of likely N-dealkylation sites (tertiary alicyclic amines) is 1. The monoisotopic (exact) mass is 840 g/mol. The van der Waals surface area contributed by atoms with Crippen molar-refractivity contribution in [1.29, 1.82) is 0 Å². The standard InChI is InChI=1S/C47H49ClN8O5/c1-46(2,32-22-33(48)24-35(23-32)49-3)31-4-7-37(8-5-31)61-27-34-12-17-50-45(51-34)55-20-15-47(16-21-55)28-53(29-47)26-30-13-18-54(19-14-30)36-6-9-38-39(25-36)44(60)56(43(38)59)40-10-11-41(57)52-42(40)58/h4-9,12,17,22-25,30,40H,10-11,13-16,18-21,26-29H2,1-2H3,(H,52,57,58). The van der Waals surface area contributed by atoms with Gasteiger partial charge in [-0.25, -0.2) is 14.8 Å². The van der Waals surface area contributed by atoms with E-state index in [9.17, 15) is 19.2 Å². The second kappa shape index (κ2) is 16.2. The normalized spacial score (nSPS) is 20.7. The molecule has 1 spiro atoms. The van der Waals surface area contributed by atoms with Gasteiger partial charge in [0.1, 0.15) is 18.4 Å². The van der Waals surface area contributed by atoms with Gasteiger partial charge in [0.05, 0.1) is 23.4 Å². The van der Waals surface area contributed by atoms with Crippen LogP contribution in [0, 0.1) is 17.9 Å². The summed E-state index contributed by atoms with van der Waals surface area (Å²) in [5, 5.41) is 2.81. The number of halogens is 1. The quantitative estimate of drug-likeness (QED) is 0.134. The van der Waals surface area contributed by atoms with Gasteiger partial charge >= 0.3 is 0 Å². The molecule has 0 aliphatic carbocycles. The number of rotatable bonds is 10. The van der Waals surface area contributed by atoms with Gasteiger partial charge in [0.15, 0.2) is 5.69 Å². The molecule has 0 radical (unpaired) electrons. The largest absolute Gasteiger partial charge is 0.487 e. The Bertz CT molecular complexity index is 2430. The number of aromatic nitrogens is 2. The number of fused-ring (bicyclic) bond motifs is 1. The van der Waals surface area contributed by atoms with Crippen molar-refractivity contribution in [3.05, 3.63) is 117 Å². The molecule has 9 rings (SSSR count). The minimum absolute atomic E-state index is 0.100. The number of hydrogen-bond acceptors (Lipinski definition) is 10. The molecule has 4 amide bonds. The number of imide groups is 2. The Morgan fingerprint density at radius 2 is 1.61 bits per heavy atom. The van der Waals surface area contributed by atoms with Gasteiger partial charge in [0.2, 0.25) is 17.8 Å². The molecule has 61 heavy (non-hydrogen) atoms.